The summed E-state index contributed by atoms with van der Waals surface area (Å²) in [5, 5.41) is 19.0. The lowest BCUT2D eigenvalue weighted by Crippen LogP contribution is -2.44. The molecule has 8 rings (SSSR count). The molecule has 6 aromatic rings. The van der Waals surface area contributed by atoms with Gasteiger partial charge in [0, 0.05) is 40.8 Å². The number of epoxide rings is 2. The summed E-state index contributed by atoms with van der Waals surface area (Å²) in [5.74, 6) is -3.42. The lowest BCUT2D eigenvalue weighted by Gasteiger charge is -2.17. The van der Waals surface area contributed by atoms with E-state index in [1.165, 1.54) is 12.0 Å². The Morgan fingerprint density at radius 2 is 1.11 bits per heavy atom. The molecule has 20 heteroatoms. The highest BCUT2D eigenvalue weighted by atomic mass is 32.1. The first-order valence-corrected chi connectivity index (χ1v) is 26.1. The number of amides is 5. The number of hydrogen-bond donors (Lipinski definition) is 7. The van der Waals surface area contributed by atoms with Crippen molar-refractivity contribution in [1.82, 2.24) is 32.3 Å². The number of esters is 1. The Labute approximate surface area is 448 Å². The number of carbonyl (C=O) groups is 8. The van der Waals surface area contributed by atoms with E-state index in [1.54, 1.807) is 60.1 Å². The monoisotopic (exact) mass is 1070 g/mol. The van der Waals surface area contributed by atoms with E-state index in [0.29, 0.717) is 35.8 Å². The van der Waals surface area contributed by atoms with Gasteiger partial charge in [-0.15, -0.1) is 22.7 Å². The Morgan fingerprint density at radius 1 is 0.618 bits per heavy atom. The highest BCUT2D eigenvalue weighted by Crippen LogP contribution is 2.29. The van der Waals surface area contributed by atoms with E-state index in [9.17, 15) is 38.4 Å². The topological polar surface area (TPSA) is 263 Å². The fraction of sp³-hybridized carbons (Fsp3) is 0.286. The Morgan fingerprint density at radius 3 is 1.51 bits per heavy atom. The summed E-state index contributed by atoms with van der Waals surface area (Å²) < 4.78 is 13.6. The van der Waals surface area contributed by atoms with Gasteiger partial charge < -0.3 is 34.7 Å². The third kappa shape index (κ3) is 17.6. The maximum atomic E-state index is 13.1. The zero-order valence-corrected chi connectivity index (χ0v) is 44.5. The van der Waals surface area contributed by atoms with Gasteiger partial charge in [0.1, 0.15) is 0 Å². The molecule has 5 amide bonds. The van der Waals surface area contributed by atoms with Crippen molar-refractivity contribution in [3.8, 4) is 20.9 Å². The van der Waals surface area contributed by atoms with Crippen molar-refractivity contribution in [3.05, 3.63) is 165 Å². The van der Waals surface area contributed by atoms with Gasteiger partial charge in [0.05, 0.1) is 19.2 Å². The number of carboxylic acid groups (broad SMARTS) is 1. The number of hydrazine groups is 2. The van der Waals surface area contributed by atoms with Crippen LogP contribution in [0.25, 0.3) is 20.9 Å². The quantitative estimate of drug-likeness (QED) is 0.0185. The normalized spacial score (nSPS) is 16.3. The molecule has 0 aliphatic carbocycles. The number of methoxy groups -OCH3 is 1. The number of ether oxygens (including phenoxy) is 3. The number of hydrogen-bond acceptors (Lipinski definition) is 14. The van der Waals surface area contributed by atoms with Crippen LogP contribution in [0, 0.1) is 0 Å². The number of carboxylic acids is 1. The van der Waals surface area contributed by atoms with Gasteiger partial charge in [-0.3, -0.25) is 40.3 Å². The van der Waals surface area contributed by atoms with Crippen molar-refractivity contribution < 1.29 is 57.7 Å². The fourth-order valence-electron chi connectivity index (χ4n) is 7.44. The fourth-order valence-corrected chi connectivity index (χ4v) is 8.89. The maximum absolute atomic E-state index is 13.1. The highest BCUT2D eigenvalue weighted by Gasteiger charge is 2.51. The van der Waals surface area contributed by atoms with Crippen molar-refractivity contribution in [2.75, 3.05) is 14.2 Å². The molecule has 4 aromatic carbocycles. The second-order valence-electron chi connectivity index (χ2n) is 16.7. The molecule has 0 saturated carbocycles. The summed E-state index contributed by atoms with van der Waals surface area (Å²) in [4.78, 5) is 95.1. The van der Waals surface area contributed by atoms with Gasteiger partial charge in [-0.25, -0.2) is 15.0 Å². The van der Waals surface area contributed by atoms with E-state index in [0.717, 1.165) is 32.7 Å². The number of aliphatic carboxylic acids is 1. The van der Waals surface area contributed by atoms with Gasteiger partial charge in [-0.2, -0.15) is 0 Å². The molecule has 2 saturated heterocycles. The first kappa shape index (κ1) is 59.0. The first-order chi connectivity index (χ1) is 36.7. The van der Waals surface area contributed by atoms with E-state index in [4.69, 9.17) is 9.84 Å². The number of carbonyl (C=O) groups excluding carboxylic acids is 7. The molecule has 2 aliphatic heterocycles. The van der Waals surface area contributed by atoms with Crippen LogP contribution in [0.2, 0.25) is 0 Å². The molecule has 18 nitrogen and oxygen atoms in total. The van der Waals surface area contributed by atoms with E-state index in [1.807, 2.05) is 93.7 Å². The van der Waals surface area contributed by atoms with E-state index in [-0.39, 0.29) is 42.6 Å². The molecule has 0 bridgehead atoms. The first-order valence-electron chi connectivity index (χ1n) is 24.4. The largest absolute Gasteiger partial charge is 0.479 e. The molecule has 6 atom stereocenters. The molecular weight excluding hydrogens is 1010 g/mol. The molecule has 2 fully saturated rings. The lowest BCUT2D eigenvalue weighted by atomic mass is 10.0. The second kappa shape index (κ2) is 29.9. The third-order valence-electron chi connectivity index (χ3n) is 11.5. The molecule has 2 aromatic heterocycles. The molecule has 6 unspecified atom stereocenters. The number of thiophene rings is 2. The van der Waals surface area contributed by atoms with Crippen molar-refractivity contribution >= 4 is 70.4 Å². The predicted octanol–water partition coefficient (Wildman–Crippen LogP) is 7.08. The van der Waals surface area contributed by atoms with E-state index < -0.39 is 48.2 Å². The Hall–Kier alpha value is -7.88. The van der Waals surface area contributed by atoms with E-state index >= 15 is 0 Å². The van der Waals surface area contributed by atoms with Crippen molar-refractivity contribution in [2.24, 2.45) is 0 Å². The van der Waals surface area contributed by atoms with Crippen LogP contribution in [-0.4, -0.2) is 91.4 Å². The van der Waals surface area contributed by atoms with Gasteiger partial charge in [0.2, 0.25) is 11.8 Å². The molecular formula is C56H62N6O12S2. The highest BCUT2D eigenvalue weighted by molar-refractivity contribution is 7.13. The summed E-state index contributed by atoms with van der Waals surface area (Å²) in [6.45, 7) is 7.90. The molecule has 400 valence electrons. The molecule has 2 aliphatic rings. The molecule has 7 N–H and O–H groups in total. The van der Waals surface area contributed by atoms with Crippen LogP contribution in [0.3, 0.4) is 0 Å². The van der Waals surface area contributed by atoms with Crippen LogP contribution in [0.5, 0.6) is 0 Å². The van der Waals surface area contributed by atoms with Crippen LogP contribution in [0.15, 0.2) is 132 Å². The summed E-state index contributed by atoms with van der Waals surface area (Å²) >= 11 is 3.35. The lowest BCUT2D eigenvalue weighted by molar-refractivity contribution is -0.142. The number of nitrogens with one attached hydrogen (secondary N) is 6. The van der Waals surface area contributed by atoms with Crippen LogP contribution >= 0.6 is 22.7 Å². The minimum Gasteiger partial charge on any atom is -0.479 e. The van der Waals surface area contributed by atoms with Crippen LogP contribution in [0.4, 0.5) is 0 Å². The van der Waals surface area contributed by atoms with Crippen molar-refractivity contribution in [1.29, 1.82) is 0 Å². The molecule has 0 radical (unpaired) electrons. The predicted molar refractivity (Wildman–Crippen MR) is 289 cm³/mol. The van der Waals surface area contributed by atoms with Crippen LogP contribution in [-0.2, 0) is 55.8 Å². The molecule has 76 heavy (non-hydrogen) atoms. The number of aryl methyl sites for hydroxylation is 2. The number of rotatable bonds is 19. The zero-order valence-electron chi connectivity index (χ0n) is 42.8. The zero-order chi connectivity index (χ0) is 55.1. The van der Waals surface area contributed by atoms with Gasteiger partial charge in [-0.05, 0) is 107 Å². The minimum absolute atomic E-state index is 0.0108. The Bertz CT molecular complexity index is 2910. The summed E-state index contributed by atoms with van der Waals surface area (Å²) in [6, 6.07) is 38.5. The standard InChI is InChI=1S/C26H25N3O6S.C23H25N3O2S.C5H6O4.C2H6/c1-15(17-7-4-8-18(14-17)20-10-5-13-36-20)27-24(31)19-9-3-2-6-16(19)11-12-21(30)28-29-25(32)22-23(35-22)26(33)34;1-16(18-8-5-9-19(15-18)21-11-6-14-29-21)25-23(28)20-10-4-3-7-17(20)12-13-22(27)26-24-2;1-8-5(7)4-3(2-6)9-4;1-2/h2-10,13-15,22-23H,11-12H2,1H3,(H,27,31)(H,28,30)(H,29,32)(H,33,34);3-11,14-16,24H,12-13H2,1-2H3,(H,25,28)(H,26,27);2-4H,1H3;1-2H3. The van der Waals surface area contributed by atoms with E-state index in [2.05, 4.69) is 77.5 Å². The van der Waals surface area contributed by atoms with Crippen molar-refractivity contribution in [2.45, 2.75) is 89.9 Å². The van der Waals surface area contributed by atoms with Gasteiger partial charge in [-0.1, -0.05) is 98.8 Å². The third-order valence-corrected chi connectivity index (χ3v) is 13.4. The van der Waals surface area contributed by atoms with Gasteiger partial charge in [0.15, 0.2) is 30.7 Å². The van der Waals surface area contributed by atoms with Crippen LogP contribution in [0.1, 0.15) is 95.6 Å². The Kier molecular flexibility index (Phi) is 23.2. The molecule has 0 spiro atoms. The number of benzene rings is 4. The Balaban J connectivity index is 0.000000238. The smallest absolute Gasteiger partial charge is 0.338 e. The van der Waals surface area contributed by atoms with Crippen LogP contribution < -0.4 is 32.3 Å². The summed E-state index contributed by atoms with van der Waals surface area (Å²) in [5.41, 5.74) is 16.4. The van der Waals surface area contributed by atoms with Gasteiger partial charge >= 0.3 is 11.9 Å². The average Bonchev–Trinajstić information content (AvgIpc) is 4.28. The van der Waals surface area contributed by atoms with Crippen molar-refractivity contribution in [3.63, 3.8) is 0 Å². The minimum atomic E-state index is -1.24. The summed E-state index contributed by atoms with van der Waals surface area (Å²) in [6.07, 6.45) is -1.81. The maximum Gasteiger partial charge on any atom is 0.338 e. The SMILES string of the molecule is CC.CC(NC(=O)c1ccccc1CCC(=O)NNC(=O)C1OC1C(=O)O)c1cccc(-c2cccs2)c1.CNNC(=O)CCc1ccccc1C(=O)NC(C)c1cccc(-c2cccs2)c1.COC(=O)C1OC1C=O. The van der Waals surface area contributed by atoms with Gasteiger partial charge in [0.25, 0.3) is 17.7 Å². The second-order valence-corrected chi connectivity index (χ2v) is 18.6. The summed E-state index contributed by atoms with van der Waals surface area (Å²) in [7, 11) is 2.90. The average molecular weight is 1080 g/mol. The molecule has 4 heterocycles. The number of aldehydes is 1.